The van der Waals surface area contributed by atoms with Gasteiger partial charge in [0.15, 0.2) is 0 Å². The van der Waals surface area contributed by atoms with Crippen molar-refractivity contribution >= 4 is 5.97 Å². The van der Waals surface area contributed by atoms with Crippen molar-refractivity contribution in [1.82, 2.24) is 4.90 Å². The average molecular weight is 319 g/mol. The molecule has 1 fully saturated rings. The minimum absolute atomic E-state index is 0.00360. The van der Waals surface area contributed by atoms with E-state index in [0.29, 0.717) is 12.5 Å². The Hall–Kier alpha value is -1.51. The summed E-state index contributed by atoms with van der Waals surface area (Å²) in [7, 11) is 0. The average Bonchev–Trinajstić information content (AvgIpc) is 2.94. The summed E-state index contributed by atoms with van der Waals surface area (Å²) in [5.41, 5.74) is 1.16. The van der Waals surface area contributed by atoms with Crippen LogP contribution >= 0.6 is 0 Å². The van der Waals surface area contributed by atoms with Gasteiger partial charge in [-0.3, -0.25) is 0 Å². The van der Waals surface area contributed by atoms with E-state index in [1.165, 1.54) is 0 Å². The van der Waals surface area contributed by atoms with Crippen molar-refractivity contribution in [3.05, 3.63) is 37.1 Å². The molecule has 3 heteroatoms. The second-order valence-electron chi connectivity index (χ2n) is 8.39. The second kappa shape index (κ2) is 7.85. The molecule has 0 N–H and O–H groups in total. The largest absolute Gasteiger partial charge is 0.462 e. The van der Waals surface area contributed by atoms with E-state index in [1.807, 2.05) is 12.2 Å². The number of carbonyl (C=O) groups excluding carboxylic acids is 1. The van der Waals surface area contributed by atoms with Crippen molar-refractivity contribution in [2.45, 2.75) is 47.5 Å². The maximum Gasteiger partial charge on any atom is 0.330 e. The van der Waals surface area contributed by atoms with E-state index in [9.17, 15) is 4.79 Å². The Morgan fingerprint density at radius 1 is 1.30 bits per heavy atom. The van der Waals surface area contributed by atoms with Crippen LogP contribution < -0.4 is 0 Å². The Balaban J connectivity index is 2.46. The number of hydrogen-bond donors (Lipinski definition) is 0. The molecule has 1 rings (SSSR count). The summed E-state index contributed by atoms with van der Waals surface area (Å²) in [6.07, 6.45) is 7.37. The van der Waals surface area contributed by atoms with Gasteiger partial charge in [-0.05, 0) is 35.7 Å². The van der Waals surface area contributed by atoms with Crippen molar-refractivity contribution in [2.75, 3.05) is 19.7 Å². The lowest BCUT2D eigenvalue weighted by Crippen LogP contribution is -2.27. The standard InChI is InChI=1S/C20H33NO2/c1-8-16(2)21-13-11-17(14-21)20(6,7)12-9-10-18(22)23-15-19(3,4)5/h8-10,17H,1-2,11-15H2,3-7H3/b10-9+. The van der Waals surface area contributed by atoms with E-state index in [1.54, 1.807) is 6.08 Å². The first-order chi connectivity index (χ1) is 10.5. The zero-order valence-electron chi connectivity index (χ0n) is 15.5. The van der Waals surface area contributed by atoms with Gasteiger partial charge in [0.05, 0.1) is 6.61 Å². The molecular weight excluding hydrogens is 286 g/mol. The van der Waals surface area contributed by atoms with E-state index < -0.39 is 0 Å². The van der Waals surface area contributed by atoms with E-state index in [2.05, 4.69) is 52.7 Å². The smallest absolute Gasteiger partial charge is 0.330 e. The van der Waals surface area contributed by atoms with Gasteiger partial charge in [0, 0.05) is 24.9 Å². The molecule has 0 radical (unpaired) electrons. The van der Waals surface area contributed by atoms with Gasteiger partial charge in [-0.25, -0.2) is 4.79 Å². The van der Waals surface area contributed by atoms with Crippen molar-refractivity contribution in [3.63, 3.8) is 0 Å². The monoisotopic (exact) mass is 319 g/mol. The van der Waals surface area contributed by atoms with Gasteiger partial charge in [-0.1, -0.05) is 53.9 Å². The first kappa shape index (κ1) is 19.5. The van der Waals surface area contributed by atoms with Gasteiger partial charge in [-0.15, -0.1) is 0 Å². The fraction of sp³-hybridized carbons (Fsp3) is 0.650. The molecule has 1 heterocycles. The van der Waals surface area contributed by atoms with E-state index >= 15 is 0 Å². The Labute approximate surface area is 142 Å². The quantitative estimate of drug-likeness (QED) is 0.391. The fourth-order valence-electron chi connectivity index (χ4n) is 2.75. The van der Waals surface area contributed by atoms with Crippen LogP contribution in [-0.2, 0) is 9.53 Å². The predicted molar refractivity (Wildman–Crippen MR) is 97.0 cm³/mol. The molecule has 1 aliphatic heterocycles. The second-order valence-corrected chi connectivity index (χ2v) is 8.39. The summed E-state index contributed by atoms with van der Waals surface area (Å²) < 4.78 is 5.25. The summed E-state index contributed by atoms with van der Waals surface area (Å²) >= 11 is 0. The summed E-state index contributed by atoms with van der Waals surface area (Å²) in [6.45, 7) is 21.0. The maximum absolute atomic E-state index is 11.7. The van der Waals surface area contributed by atoms with Gasteiger partial charge in [0.2, 0.25) is 0 Å². The predicted octanol–water partition coefficient (Wildman–Crippen LogP) is 4.57. The highest BCUT2D eigenvalue weighted by molar-refractivity contribution is 5.81. The minimum atomic E-state index is -0.246. The third-order valence-corrected chi connectivity index (χ3v) is 4.48. The molecule has 1 saturated heterocycles. The minimum Gasteiger partial charge on any atom is -0.462 e. The van der Waals surface area contributed by atoms with Gasteiger partial charge >= 0.3 is 5.97 Å². The van der Waals surface area contributed by atoms with E-state index in [-0.39, 0.29) is 16.8 Å². The summed E-state index contributed by atoms with van der Waals surface area (Å²) in [5.74, 6) is 0.346. The maximum atomic E-state index is 11.7. The number of esters is 1. The summed E-state index contributed by atoms with van der Waals surface area (Å²) in [4.78, 5) is 14.0. The number of ether oxygens (including phenoxy) is 1. The van der Waals surface area contributed by atoms with Crippen LogP contribution in [0.5, 0.6) is 0 Å². The van der Waals surface area contributed by atoms with Crippen molar-refractivity contribution in [3.8, 4) is 0 Å². The van der Waals surface area contributed by atoms with Crippen LogP contribution in [-0.4, -0.2) is 30.6 Å². The van der Waals surface area contributed by atoms with Crippen molar-refractivity contribution in [2.24, 2.45) is 16.7 Å². The zero-order valence-corrected chi connectivity index (χ0v) is 15.5. The Bertz CT molecular complexity index is 469. The van der Waals surface area contributed by atoms with Crippen LogP contribution in [0.1, 0.15) is 47.5 Å². The number of rotatable bonds is 7. The van der Waals surface area contributed by atoms with E-state index in [4.69, 9.17) is 4.74 Å². The van der Waals surface area contributed by atoms with Crippen LogP contribution in [0.15, 0.2) is 37.1 Å². The van der Waals surface area contributed by atoms with Crippen LogP contribution in [0.4, 0.5) is 0 Å². The highest BCUT2D eigenvalue weighted by Crippen LogP contribution is 2.38. The number of carbonyl (C=O) groups is 1. The molecule has 0 aromatic carbocycles. The molecule has 130 valence electrons. The highest BCUT2D eigenvalue weighted by Gasteiger charge is 2.34. The van der Waals surface area contributed by atoms with E-state index in [0.717, 1.165) is 31.6 Å². The van der Waals surface area contributed by atoms with Gasteiger partial charge in [-0.2, -0.15) is 0 Å². The number of likely N-dealkylation sites (tertiary alicyclic amines) is 1. The molecule has 1 aliphatic rings. The zero-order chi connectivity index (χ0) is 17.7. The molecule has 0 aromatic heterocycles. The lowest BCUT2D eigenvalue weighted by atomic mass is 9.75. The van der Waals surface area contributed by atoms with Crippen LogP contribution in [0.25, 0.3) is 0 Å². The lowest BCUT2D eigenvalue weighted by Gasteiger charge is -2.31. The molecule has 0 aromatic rings. The van der Waals surface area contributed by atoms with Gasteiger partial charge < -0.3 is 9.64 Å². The number of allylic oxidation sites excluding steroid dienone is 2. The fourth-order valence-corrected chi connectivity index (χ4v) is 2.75. The summed E-state index contributed by atoms with van der Waals surface area (Å²) in [5, 5.41) is 0. The number of nitrogens with zero attached hydrogens (tertiary/aromatic N) is 1. The molecule has 0 saturated carbocycles. The van der Waals surface area contributed by atoms with Crippen molar-refractivity contribution < 1.29 is 9.53 Å². The first-order valence-corrected chi connectivity index (χ1v) is 8.45. The van der Waals surface area contributed by atoms with Crippen LogP contribution in [0.3, 0.4) is 0 Å². The molecule has 0 aliphatic carbocycles. The van der Waals surface area contributed by atoms with Gasteiger partial charge in [0.1, 0.15) is 0 Å². The third-order valence-electron chi connectivity index (χ3n) is 4.48. The lowest BCUT2D eigenvalue weighted by molar-refractivity contribution is -0.140. The molecule has 0 amide bonds. The first-order valence-electron chi connectivity index (χ1n) is 8.45. The molecular formula is C20H33NO2. The molecule has 23 heavy (non-hydrogen) atoms. The Morgan fingerprint density at radius 3 is 2.52 bits per heavy atom. The topological polar surface area (TPSA) is 29.5 Å². The third kappa shape index (κ3) is 6.64. The van der Waals surface area contributed by atoms with Crippen LogP contribution in [0, 0.1) is 16.7 Å². The van der Waals surface area contributed by atoms with Gasteiger partial charge in [0.25, 0.3) is 0 Å². The molecule has 0 spiro atoms. The SMILES string of the molecule is C=CC(=C)N1CCC(C(C)(C)C/C=C/C(=O)OCC(C)(C)C)C1. The molecule has 3 nitrogen and oxygen atoms in total. The normalized spacial score (nSPS) is 19.2. The highest BCUT2D eigenvalue weighted by atomic mass is 16.5. The van der Waals surface area contributed by atoms with Crippen molar-refractivity contribution in [1.29, 1.82) is 0 Å². The molecule has 0 bridgehead atoms. The molecule has 1 unspecified atom stereocenters. The Kier molecular flexibility index (Phi) is 6.67. The van der Waals surface area contributed by atoms with Crippen LogP contribution in [0.2, 0.25) is 0 Å². The number of hydrogen-bond acceptors (Lipinski definition) is 3. The summed E-state index contributed by atoms with van der Waals surface area (Å²) in [6, 6.07) is 0. The molecule has 1 atom stereocenters. The Morgan fingerprint density at radius 2 is 1.96 bits per heavy atom.